The first-order valence-electron chi connectivity index (χ1n) is 7.24. The standard InChI is InChI=1S/C16H22N2O3/c1-17(12-15(19)18-9-5-6-10-18)11-13-7-3-4-8-14(13)16(20)21-2/h3-4,7-8H,5-6,9-12H2,1-2H3. The van der Waals surface area contributed by atoms with Crippen molar-refractivity contribution in [3.05, 3.63) is 35.4 Å². The maximum absolute atomic E-state index is 12.1. The number of hydrogen-bond acceptors (Lipinski definition) is 4. The molecular formula is C16H22N2O3. The zero-order valence-electron chi connectivity index (χ0n) is 12.7. The molecule has 0 spiro atoms. The molecule has 1 aromatic carbocycles. The highest BCUT2D eigenvalue weighted by Crippen LogP contribution is 2.13. The second-order valence-electron chi connectivity index (χ2n) is 5.41. The van der Waals surface area contributed by atoms with Crippen LogP contribution in [0.15, 0.2) is 24.3 Å². The van der Waals surface area contributed by atoms with Gasteiger partial charge >= 0.3 is 5.97 Å². The van der Waals surface area contributed by atoms with Crippen LogP contribution in [0.5, 0.6) is 0 Å². The van der Waals surface area contributed by atoms with Crippen LogP contribution >= 0.6 is 0 Å². The molecule has 2 rings (SSSR count). The second-order valence-corrected chi connectivity index (χ2v) is 5.41. The van der Waals surface area contributed by atoms with Crippen LogP contribution < -0.4 is 0 Å². The summed E-state index contributed by atoms with van der Waals surface area (Å²) < 4.78 is 4.79. The van der Waals surface area contributed by atoms with E-state index < -0.39 is 0 Å². The Hall–Kier alpha value is -1.88. The average Bonchev–Trinajstić information content (AvgIpc) is 3.01. The van der Waals surface area contributed by atoms with Gasteiger partial charge in [0, 0.05) is 19.6 Å². The molecule has 1 aliphatic heterocycles. The molecule has 1 aromatic rings. The van der Waals surface area contributed by atoms with Crippen molar-refractivity contribution in [2.75, 3.05) is 33.8 Å². The van der Waals surface area contributed by atoms with Crippen molar-refractivity contribution < 1.29 is 14.3 Å². The van der Waals surface area contributed by atoms with Crippen LogP contribution in [0.4, 0.5) is 0 Å². The van der Waals surface area contributed by atoms with Gasteiger partial charge in [0.25, 0.3) is 0 Å². The molecule has 1 saturated heterocycles. The Balaban J connectivity index is 1.97. The fraction of sp³-hybridized carbons (Fsp3) is 0.500. The minimum absolute atomic E-state index is 0.158. The molecule has 1 aliphatic rings. The van der Waals surface area contributed by atoms with Crippen LogP contribution in [0.25, 0.3) is 0 Å². The molecule has 0 saturated carbocycles. The molecule has 1 amide bonds. The second kappa shape index (κ2) is 7.22. The van der Waals surface area contributed by atoms with E-state index in [0.717, 1.165) is 31.5 Å². The van der Waals surface area contributed by atoms with E-state index in [-0.39, 0.29) is 11.9 Å². The first-order valence-corrected chi connectivity index (χ1v) is 7.24. The monoisotopic (exact) mass is 290 g/mol. The molecule has 0 atom stereocenters. The van der Waals surface area contributed by atoms with Crippen molar-refractivity contribution in [3.8, 4) is 0 Å². The summed E-state index contributed by atoms with van der Waals surface area (Å²) in [7, 11) is 3.27. The molecule has 21 heavy (non-hydrogen) atoms. The number of amides is 1. The molecular weight excluding hydrogens is 268 g/mol. The number of carbonyl (C=O) groups excluding carboxylic acids is 2. The molecule has 1 heterocycles. The Morgan fingerprint density at radius 3 is 2.57 bits per heavy atom. The van der Waals surface area contributed by atoms with Crippen molar-refractivity contribution in [1.29, 1.82) is 0 Å². The summed E-state index contributed by atoms with van der Waals surface area (Å²) in [6, 6.07) is 7.34. The zero-order valence-corrected chi connectivity index (χ0v) is 12.7. The van der Waals surface area contributed by atoms with Crippen LogP contribution in [0.1, 0.15) is 28.8 Å². The molecule has 0 aromatic heterocycles. The summed E-state index contributed by atoms with van der Waals surface area (Å²) in [6.07, 6.45) is 2.20. The maximum atomic E-state index is 12.1. The van der Waals surface area contributed by atoms with Gasteiger partial charge in [-0.2, -0.15) is 0 Å². The number of rotatable bonds is 5. The summed E-state index contributed by atoms with van der Waals surface area (Å²) in [5.41, 5.74) is 1.43. The summed E-state index contributed by atoms with van der Waals surface area (Å²) in [5.74, 6) is -0.185. The quantitative estimate of drug-likeness (QED) is 0.772. The van der Waals surface area contributed by atoms with Gasteiger partial charge in [-0.25, -0.2) is 4.79 Å². The van der Waals surface area contributed by atoms with Gasteiger partial charge in [-0.15, -0.1) is 0 Å². The van der Waals surface area contributed by atoms with Crippen molar-refractivity contribution >= 4 is 11.9 Å². The van der Waals surface area contributed by atoms with Crippen molar-refractivity contribution in [3.63, 3.8) is 0 Å². The third-order valence-electron chi connectivity index (χ3n) is 3.73. The highest BCUT2D eigenvalue weighted by atomic mass is 16.5. The van der Waals surface area contributed by atoms with E-state index in [1.165, 1.54) is 7.11 Å². The predicted molar refractivity (Wildman–Crippen MR) is 79.9 cm³/mol. The van der Waals surface area contributed by atoms with E-state index >= 15 is 0 Å². The first kappa shape index (κ1) is 15.5. The van der Waals surface area contributed by atoms with Gasteiger partial charge < -0.3 is 9.64 Å². The van der Waals surface area contributed by atoms with Gasteiger partial charge in [-0.1, -0.05) is 18.2 Å². The number of carbonyl (C=O) groups is 2. The highest BCUT2D eigenvalue weighted by molar-refractivity contribution is 5.91. The van der Waals surface area contributed by atoms with Crippen LogP contribution in [-0.2, 0) is 16.1 Å². The van der Waals surface area contributed by atoms with Crippen LogP contribution in [0, 0.1) is 0 Å². The highest BCUT2D eigenvalue weighted by Gasteiger charge is 2.20. The van der Waals surface area contributed by atoms with Crippen LogP contribution in [0.2, 0.25) is 0 Å². The minimum atomic E-state index is -0.343. The molecule has 0 aliphatic carbocycles. The maximum Gasteiger partial charge on any atom is 0.338 e. The van der Waals surface area contributed by atoms with Crippen molar-refractivity contribution in [1.82, 2.24) is 9.80 Å². The van der Waals surface area contributed by atoms with E-state index in [1.807, 2.05) is 35.0 Å². The molecule has 5 heteroatoms. The Labute approximate surface area is 125 Å². The Morgan fingerprint density at radius 2 is 1.90 bits per heavy atom. The number of nitrogens with zero attached hydrogens (tertiary/aromatic N) is 2. The van der Waals surface area contributed by atoms with E-state index in [0.29, 0.717) is 18.7 Å². The van der Waals surface area contributed by atoms with Crippen LogP contribution in [-0.4, -0.2) is 55.5 Å². The lowest BCUT2D eigenvalue weighted by atomic mass is 10.1. The molecule has 0 radical (unpaired) electrons. The Bertz CT molecular complexity index is 510. The summed E-state index contributed by atoms with van der Waals surface area (Å²) >= 11 is 0. The van der Waals surface area contributed by atoms with Gasteiger partial charge in [0.15, 0.2) is 0 Å². The van der Waals surface area contributed by atoms with E-state index in [4.69, 9.17) is 4.74 Å². The normalized spacial score (nSPS) is 14.5. The van der Waals surface area contributed by atoms with E-state index in [2.05, 4.69) is 0 Å². The number of ether oxygens (including phenoxy) is 1. The third-order valence-corrected chi connectivity index (χ3v) is 3.73. The SMILES string of the molecule is COC(=O)c1ccccc1CN(C)CC(=O)N1CCCC1. The van der Waals surface area contributed by atoms with Gasteiger partial charge in [-0.3, -0.25) is 9.69 Å². The lowest BCUT2D eigenvalue weighted by Gasteiger charge is -2.21. The van der Waals surface area contributed by atoms with Crippen LogP contribution in [0.3, 0.4) is 0 Å². The molecule has 5 nitrogen and oxygen atoms in total. The number of esters is 1. The topological polar surface area (TPSA) is 49.9 Å². The largest absolute Gasteiger partial charge is 0.465 e. The number of likely N-dealkylation sites (N-methyl/N-ethyl adjacent to an activating group) is 1. The fourth-order valence-electron chi connectivity index (χ4n) is 2.61. The van der Waals surface area contributed by atoms with Gasteiger partial charge in [0.1, 0.15) is 0 Å². The summed E-state index contributed by atoms with van der Waals surface area (Å²) in [4.78, 5) is 27.7. The number of hydrogen-bond donors (Lipinski definition) is 0. The number of benzene rings is 1. The lowest BCUT2D eigenvalue weighted by Crippen LogP contribution is -2.37. The molecule has 114 valence electrons. The first-order chi connectivity index (χ1) is 10.1. The third kappa shape index (κ3) is 4.04. The van der Waals surface area contributed by atoms with Crippen molar-refractivity contribution in [2.45, 2.75) is 19.4 Å². The lowest BCUT2D eigenvalue weighted by molar-refractivity contribution is -0.131. The zero-order chi connectivity index (χ0) is 15.2. The summed E-state index contributed by atoms with van der Waals surface area (Å²) in [6.45, 7) is 2.65. The van der Waals surface area contributed by atoms with E-state index in [9.17, 15) is 9.59 Å². The molecule has 0 N–H and O–H groups in total. The Morgan fingerprint density at radius 1 is 1.24 bits per heavy atom. The fourth-order valence-corrected chi connectivity index (χ4v) is 2.61. The van der Waals surface area contributed by atoms with Gasteiger partial charge in [-0.05, 0) is 31.5 Å². The molecule has 0 unspecified atom stereocenters. The molecule has 1 fully saturated rings. The number of methoxy groups -OCH3 is 1. The van der Waals surface area contributed by atoms with Gasteiger partial charge in [0.2, 0.25) is 5.91 Å². The predicted octanol–water partition coefficient (Wildman–Crippen LogP) is 1.53. The minimum Gasteiger partial charge on any atom is -0.465 e. The van der Waals surface area contributed by atoms with Crippen molar-refractivity contribution in [2.24, 2.45) is 0 Å². The summed E-state index contributed by atoms with van der Waals surface area (Å²) in [5, 5.41) is 0. The number of likely N-dealkylation sites (tertiary alicyclic amines) is 1. The molecule has 0 bridgehead atoms. The Kier molecular flexibility index (Phi) is 5.33. The smallest absolute Gasteiger partial charge is 0.338 e. The van der Waals surface area contributed by atoms with E-state index in [1.54, 1.807) is 6.07 Å². The van der Waals surface area contributed by atoms with Gasteiger partial charge in [0.05, 0.1) is 19.2 Å². The average molecular weight is 290 g/mol.